The zero-order chi connectivity index (χ0) is 16.3. The Morgan fingerprint density at radius 2 is 1.09 bits per heavy atom. The Hall–Kier alpha value is -0.830. The normalized spacial score (nSPS) is 10.8. The summed E-state index contributed by atoms with van der Waals surface area (Å²) in [7, 11) is 0. The molecule has 138 valence electrons. The molecule has 4 N–H and O–H groups in total. The monoisotopic (exact) mass is 327 g/mol. The van der Waals surface area contributed by atoms with Crippen LogP contribution >= 0.6 is 0 Å². The molecule has 0 heterocycles. The van der Waals surface area contributed by atoms with Gasteiger partial charge in [-0.1, -0.05) is 83.3 Å². The van der Waals surface area contributed by atoms with Gasteiger partial charge in [-0.3, -0.25) is 0 Å². The second-order valence-electron chi connectivity index (χ2n) is 6.41. The van der Waals surface area contributed by atoms with E-state index in [0.29, 0.717) is 0 Å². The minimum absolute atomic E-state index is 0. The third kappa shape index (κ3) is 23.6. The molecule has 0 aromatic carbocycles. The van der Waals surface area contributed by atoms with Crippen molar-refractivity contribution in [1.82, 2.24) is 6.15 Å². The van der Waals surface area contributed by atoms with Crippen LogP contribution in [0.5, 0.6) is 0 Å². The van der Waals surface area contributed by atoms with Crippen molar-refractivity contribution in [1.29, 1.82) is 0 Å². The Kier molecular flexibility index (Phi) is 22.5. The van der Waals surface area contributed by atoms with Gasteiger partial charge in [0.2, 0.25) is 0 Å². The molecule has 0 radical (unpaired) electrons. The van der Waals surface area contributed by atoms with Crippen LogP contribution in [-0.2, 0) is 4.79 Å². The van der Waals surface area contributed by atoms with Gasteiger partial charge in [0.05, 0.1) is 0 Å². The smallest absolute Gasteiger partial charge is 0.0414 e. The van der Waals surface area contributed by atoms with Crippen molar-refractivity contribution in [2.45, 2.75) is 110 Å². The topological polar surface area (TPSA) is 76.6 Å². The van der Waals surface area contributed by atoms with Gasteiger partial charge in [-0.05, 0) is 38.5 Å². The quantitative estimate of drug-likeness (QED) is 0.265. The molecule has 0 atom stereocenters. The number of hydrogen-bond acceptors (Lipinski definition) is 2. The highest BCUT2D eigenvalue weighted by Gasteiger charge is 1.92. The molecule has 0 fully saturated rings. The third-order valence-corrected chi connectivity index (χ3v) is 4.14. The first-order valence-electron chi connectivity index (χ1n) is 9.62. The van der Waals surface area contributed by atoms with Gasteiger partial charge in [0.1, 0.15) is 0 Å². The number of carbonyl (C=O) groups is 1. The molecular formula is C20H41NO2. The van der Waals surface area contributed by atoms with E-state index in [1.54, 1.807) is 0 Å². The van der Waals surface area contributed by atoms with Crippen molar-refractivity contribution in [3.8, 4) is 0 Å². The highest BCUT2D eigenvalue weighted by atomic mass is 16.4. The van der Waals surface area contributed by atoms with Gasteiger partial charge in [-0.2, -0.15) is 0 Å². The molecule has 0 saturated carbocycles. The van der Waals surface area contributed by atoms with Crippen molar-refractivity contribution >= 4 is 5.97 Å². The SMILES string of the molecule is CCCCCCCCCC/C=C\CCCCCCCC(=O)[O-].[NH4+]. The maximum Gasteiger partial charge on any atom is 0.0414 e. The van der Waals surface area contributed by atoms with Gasteiger partial charge < -0.3 is 16.1 Å². The maximum atomic E-state index is 10.2. The van der Waals surface area contributed by atoms with E-state index >= 15 is 0 Å². The van der Waals surface area contributed by atoms with E-state index in [0.717, 1.165) is 19.3 Å². The molecule has 0 unspecified atom stereocenters. The third-order valence-electron chi connectivity index (χ3n) is 4.14. The number of unbranched alkanes of at least 4 members (excludes halogenated alkanes) is 13. The second-order valence-corrected chi connectivity index (χ2v) is 6.41. The summed E-state index contributed by atoms with van der Waals surface area (Å²) in [5.74, 6) is -0.913. The van der Waals surface area contributed by atoms with E-state index in [1.165, 1.54) is 77.0 Å². The minimum atomic E-state index is -0.913. The fraction of sp³-hybridized carbons (Fsp3) is 0.850. The summed E-state index contributed by atoms with van der Waals surface area (Å²) in [6, 6.07) is 0. The van der Waals surface area contributed by atoms with Crippen LogP contribution in [0.15, 0.2) is 12.2 Å². The van der Waals surface area contributed by atoms with Crippen molar-refractivity contribution in [2.24, 2.45) is 0 Å². The van der Waals surface area contributed by atoms with E-state index in [4.69, 9.17) is 0 Å². The minimum Gasteiger partial charge on any atom is -0.550 e. The molecule has 3 heteroatoms. The highest BCUT2D eigenvalue weighted by Crippen LogP contribution is 2.10. The molecule has 0 rings (SSSR count). The number of quaternary nitrogens is 1. The summed E-state index contributed by atoms with van der Waals surface area (Å²) < 4.78 is 0. The first-order chi connectivity index (χ1) is 10.8. The average molecular weight is 328 g/mol. The van der Waals surface area contributed by atoms with Crippen molar-refractivity contribution < 1.29 is 9.90 Å². The van der Waals surface area contributed by atoms with Gasteiger partial charge in [0.15, 0.2) is 0 Å². The summed E-state index contributed by atoms with van der Waals surface area (Å²) >= 11 is 0. The lowest BCUT2D eigenvalue weighted by atomic mass is 10.1. The predicted octanol–water partition coefficient (Wildman–Crippen LogP) is 5.93. The molecule has 3 nitrogen and oxygen atoms in total. The summed E-state index contributed by atoms with van der Waals surface area (Å²) in [6.07, 6.45) is 23.8. The summed E-state index contributed by atoms with van der Waals surface area (Å²) in [4.78, 5) is 10.2. The van der Waals surface area contributed by atoms with Crippen LogP contribution in [0.2, 0.25) is 0 Å². The van der Waals surface area contributed by atoms with E-state index in [9.17, 15) is 9.90 Å². The van der Waals surface area contributed by atoms with Gasteiger partial charge in [-0.25, -0.2) is 0 Å². The molecule has 0 saturated heterocycles. The van der Waals surface area contributed by atoms with Gasteiger partial charge >= 0.3 is 0 Å². The predicted molar refractivity (Wildman–Crippen MR) is 99.7 cm³/mol. The van der Waals surface area contributed by atoms with Crippen LogP contribution in [0.4, 0.5) is 0 Å². The Morgan fingerprint density at radius 3 is 1.52 bits per heavy atom. The highest BCUT2D eigenvalue weighted by molar-refractivity contribution is 5.63. The van der Waals surface area contributed by atoms with E-state index in [2.05, 4.69) is 19.1 Å². The van der Waals surface area contributed by atoms with Gasteiger partial charge in [0.25, 0.3) is 0 Å². The average Bonchev–Trinajstić information content (AvgIpc) is 2.50. The molecule has 0 bridgehead atoms. The van der Waals surface area contributed by atoms with Crippen molar-refractivity contribution in [3.63, 3.8) is 0 Å². The van der Waals surface area contributed by atoms with E-state index in [-0.39, 0.29) is 12.6 Å². The Labute approximate surface area is 144 Å². The molecule has 0 spiro atoms. The summed E-state index contributed by atoms with van der Waals surface area (Å²) in [5, 5.41) is 10.2. The largest absolute Gasteiger partial charge is 0.550 e. The Morgan fingerprint density at radius 1 is 0.696 bits per heavy atom. The molecule has 0 aliphatic carbocycles. The van der Waals surface area contributed by atoms with Crippen LogP contribution < -0.4 is 11.3 Å². The number of carbonyl (C=O) groups excluding carboxylic acids is 1. The molecule has 0 aliphatic heterocycles. The lowest BCUT2D eigenvalue weighted by molar-refractivity contribution is -0.305. The fourth-order valence-corrected chi connectivity index (χ4v) is 2.69. The van der Waals surface area contributed by atoms with Gasteiger partial charge in [-0.15, -0.1) is 0 Å². The number of carboxylic acids is 1. The lowest BCUT2D eigenvalue weighted by Gasteiger charge is -2.01. The molecular weight excluding hydrogens is 286 g/mol. The molecule has 0 aliphatic rings. The Balaban J connectivity index is 0. The number of rotatable bonds is 17. The van der Waals surface area contributed by atoms with Crippen LogP contribution in [0, 0.1) is 0 Å². The van der Waals surface area contributed by atoms with E-state index < -0.39 is 5.97 Å². The molecule has 0 aromatic rings. The first-order valence-corrected chi connectivity index (χ1v) is 9.62. The standard InChI is InChI=1S/C20H38O2.H3N/c1-2-3-4-5-6-7-8-9-10-11-12-13-14-15-16-17-18-19-20(21)22;/h11-12H,2-10,13-19H2,1H3,(H,21,22);1H3/b12-11-;. The zero-order valence-electron chi connectivity index (χ0n) is 15.8. The van der Waals surface area contributed by atoms with Crippen LogP contribution in [-0.4, -0.2) is 5.97 Å². The van der Waals surface area contributed by atoms with Crippen LogP contribution in [0.25, 0.3) is 0 Å². The molecule has 0 amide bonds. The fourth-order valence-electron chi connectivity index (χ4n) is 2.69. The van der Waals surface area contributed by atoms with E-state index in [1.807, 2.05) is 0 Å². The van der Waals surface area contributed by atoms with Gasteiger partial charge in [0, 0.05) is 5.97 Å². The Bertz CT molecular complexity index is 264. The zero-order valence-corrected chi connectivity index (χ0v) is 15.8. The lowest BCUT2D eigenvalue weighted by Crippen LogP contribution is -2.21. The summed E-state index contributed by atoms with van der Waals surface area (Å²) in [6.45, 7) is 2.27. The number of allylic oxidation sites excluding steroid dienone is 2. The molecule has 23 heavy (non-hydrogen) atoms. The molecule has 0 aromatic heterocycles. The number of carboxylic acid groups (broad SMARTS) is 1. The summed E-state index contributed by atoms with van der Waals surface area (Å²) in [5.41, 5.74) is 0. The number of aliphatic carboxylic acids is 1. The first kappa shape index (κ1) is 24.4. The van der Waals surface area contributed by atoms with Crippen molar-refractivity contribution in [3.05, 3.63) is 12.2 Å². The number of hydrogen-bond donors (Lipinski definition) is 1. The van der Waals surface area contributed by atoms with Crippen molar-refractivity contribution in [2.75, 3.05) is 0 Å². The maximum absolute atomic E-state index is 10.2. The van der Waals surface area contributed by atoms with Crippen LogP contribution in [0.1, 0.15) is 110 Å². The van der Waals surface area contributed by atoms with Crippen LogP contribution in [0.3, 0.4) is 0 Å². The second kappa shape index (κ2) is 21.2.